The molecule has 0 saturated heterocycles. The maximum absolute atomic E-state index is 12.2. The Kier molecular flexibility index (Phi) is 4.47. The Morgan fingerprint density at radius 2 is 1.93 bits per heavy atom. The van der Waals surface area contributed by atoms with Crippen LogP contribution in [-0.4, -0.2) is 46.9 Å². The molecule has 0 atom stereocenters. The van der Waals surface area contributed by atoms with Crippen LogP contribution in [0.4, 0.5) is 16.2 Å². The van der Waals surface area contributed by atoms with Gasteiger partial charge in [-0.3, -0.25) is 0 Å². The molecule has 0 spiro atoms. The molecule has 134 valence electrons. The molecule has 0 aliphatic rings. The zero-order valence-corrected chi connectivity index (χ0v) is 13.9. The third-order valence-electron chi connectivity index (χ3n) is 3.68. The van der Waals surface area contributed by atoms with E-state index < -0.39 is 0 Å². The largest absolute Gasteiger partial charge is 0.323 e. The van der Waals surface area contributed by atoms with Crippen LogP contribution in [0.15, 0.2) is 54.9 Å². The molecule has 2 amide bonds. The number of anilines is 2. The number of amides is 2. The number of tetrazole rings is 2. The van der Waals surface area contributed by atoms with Gasteiger partial charge in [0, 0.05) is 17.8 Å². The van der Waals surface area contributed by atoms with E-state index in [9.17, 15) is 4.79 Å². The minimum absolute atomic E-state index is 0.345. The Bertz CT molecular complexity index is 1010. The Labute approximate surface area is 152 Å². The van der Waals surface area contributed by atoms with Crippen LogP contribution < -0.4 is 10.6 Å². The van der Waals surface area contributed by atoms with E-state index in [0.29, 0.717) is 23.6 Å². The van der Waals surface area contributed by atoms with E-state index >= 15 is 0 Å². The highest BCUT2D eigenvalue weighted by atomic mass is 16.2. The van der Waals surface area contributed by atoms with Gasteiger partial charge in [0.05, 0.1) is 5.69 Å². The molecule has 0 unspecified atom stereocenters. The lowest BCUT2D eigenvalue weighted by Gasteiger charge is -2.09. The fourth-order valence-electron chi connectivity index (χ4n) is 2.47. The molecule has 2 aromatic heterocycles. The molecule has 0 radical (unpaired) electrons. The van der Waals surface area contributed by atoms with E-state index in [2.05, 4.69) is 46.8 Å². The Hall–Kier alpha value is -4.15. The number of carbonyl (C=O) groups excluding carboxylic acids is 1. The molecule has 2 aromatic carbocycles. The lowest BCUT2D eigenvalue weighted by atomic mass is 10.1. The van der Waals surface area contributed by atoms with Crippen LogP contribution in [0.25, 0.3) is 5.69 Å². The summed E-state index contributed by atoms with van der Waals surface area (Å²) in [5, 5.41) is 30.3. The number of hydrogen-bond donors (Lipinski definition) is 3. The van der Waals surface area contributed by atoms with Crippen molar-refractivity contribution in [1.29, 1.82) is 0 Å². The summed E-state index contributed by atoms with van der Waals surface area (Å²) in [7, 11) is 0. The standard InChI is InChI=1S/C16H14N10O/c27-16(18-12-4-6-14(7-5-12)26-10-17-22-25-26)19-13-3-1-2-11(8-13)9-15-20-23-24-21-15/h1-8,10H,9H2,(H2,18,19,27)(H,20,21,23,24). The van der Waals surface area contributed by atoms with Crippen LogP contribution in [0.2, 0.25) is 0 Å². The van der Waals surface area contributed by atoms with Gasteiger partial charge in [-0.25, -0.2) is 9.48 Å². The van der Waals surface area contributed by atoms with Crippen LogP contribution in [0, 0.1) is 0 Å². The minimum atomic E-state index is -0.345. The number of nitrogens with zero attached hydrogens (tertiary/aromatic N) is 7. The molecular formula is C16H14N10O. The first kappa shape index (κ1) is 16.3. The highest BCUT2D eigenvalue weighted by Gasteiger charge is 2.06. The predicted molar refractivity (Wildman–Crippen MR) is 95.2 cm³/mol. The van der Waals surface area contributed by atoms with Crippen molar-refractivity contribution >= 4 is 17.4 Å². The van der Waals surface area contributed by atoms with Gasteiger partial charge in [-0.05, 0) is 52.4 Å². The smallest absolute Gasteiger partial charge is 0.308 e. The van der Waals surface area contributed by atoms with E-state index in [1.807, 2.05) is 18.2 Å². The summed E-state index contributed by atoms with van der Waals surface area (Å²) in [6.45, 7) is 0. The number of hydrogen-bond acceptors (Lipinski definition) is 7. The number of rotatable bonds is 5. The molecule has 0 fully saturated rings. The minimum Gasteiger partial charge on any atom is -0.308 e. The highest BCUT2D eigenvalue weighted by molar-refractivity contribution is 5.99. The second kappa shape index (κ2) is 7.39. The number of H-pyrrole nitrogens is 1. The number of benzene rings is 2. The van der Waals surface area contributed by atoms with Crippen LogP contribution in [-0.2, 0) is 6.42 Å². The van der Waals surface area contributed by atoms with E-state index in [1.54, 1.807) is 30.3 Å². The molecule has 4 aromatic rings. The predicted octanol–water partition coefficient (Wildman–Crippen LogP) is 1.41. The zero-order chi connectivity index (χ0) is 18.5. The van der Waals surface area contributed by atoms with Gasteiger partial charge in [0.1, 0.15) is 6.33 Å². The van der Waals surface area contributed by atoms with Crippen LogP contribution in [0.1, 0.15) is 11.4 Å². The number of carbonyl (C=O) groups is 1. The summed E-state index contributed by atoms with van der Waals surface area (Å²) in [5.74, 6) is 0.583. The lowest BCUT2D eigenvalue weighted by Crippen LogP contribution is -2.19. The number of urea groups is 1. The van der Waals surface area contributed by atoms with Crippen molar-refractivity contribution in [2.45, 2.75) is 6.42 Å². The van der Waals surface area contributed by atoms with Gasteiger partial charge in [-0.15, -0.1) is 15.3 Å². The van der Waals surface area contributed by atoms with Gasteiger partial charge in [0.25, 0.3) is 0 Å². The summed E-state index contributed by atoms with van der Waals surface area (Å²) < 4.78 is 1.53. The number of nitrogens with one attached hydrogen (secondary N) is 3. The summed E-state index contributed by atoms with van der Waals surface area (Å²) in [4.78, 5) is 12.2. The monoisotopic (exact) mass is 362 g/mol. The highest BCUT2D eigenvalue weighted by Crippen LogP contribution is 2.15. The van der Waals surface area contributed by atoms with Crippen molar-refractivity contribution in [1.82, 2.24) is 40.8 Å². The van der Waals surface area contributed by atoms with Gasteiger partial charge in [-0.1, -0.05) is 17.3 Å². The third-order valence-corrected chi connectivity index (χ3v) is 3.68. The Morgan fingerprint density at radius 1 is 1.07 bits per heavy atom. The number of aromatic amines is 1. The van der Waals surface area contributed by atoms with Gasteiger partial charge < -0.3 is 10.6 Å². The zero-order valence-electron chi connectivity index (χ0n) is 13.9. The van der Waals surface area contributed by atoms with Crippen LogP contribution in [0.5, 0.6) is 0 Å². The molecule has 27 heavy (non-hydrogen) atoms. The molecule has 0 aliphatic heterocycles. The van der Waals surface area contributed by atoms with Gasteiger partial charge in [-0.2, -0.15) is 5.21 Å². The second-order valence-electron chi connectivity index (χ2n) is 5.59. The molecule has 0 aliphatic carbocycles. The molecule has 2 heterocycles. The van der Waals surface area contributed by atoms with Crippen molar-refractivity contribution in [3.8, 4) is 5.69 Å². The first-order chi connectivity index (χ1) is 13.3. The first-order valence-corrected chi connectivity index (χ1v) is 7.99. The Morgan fingerprint density at radius 3 is 2.67 bits per heavy atom. The number of aromatic nitrogens is 8. The first-order valence-electron chi connectivity index (χ1n) is 7.99. The van der Waals surface area contributed by atoms with Crippen LogP contribution in [0.3, 0.4) is 0 Å². The molecule has 0 saturated carbocycles. The van der Waals surface area contributed by atoms with E-state index in [1.165, 1.54) is 11.0 Å². The third kappa shape index (κ3) is 4.10. The maximum Gasteiger partial charge on any atom is 0.323 e. The average molecular weight is 362 g/mol. The quantitative estimate of drug-likeness (QED) is 0.488. The SMILES string of the molecule is O=C(Nc1ccc(-n2cnnn2)cc1)Nc1cccc(Cc2nn[nH]n2)c1. The maximum atomic E-state index is 12.2. The second-order valence-corrected chi connectivity index (χ2v) is 5.59. The van der Waals surface area contributed by atoms with Gasteiger partial charge >= 0.3 is 6.03 Å². The van der Waals surface area contributed by atoms with Crippen molar-refractivity contribution in [3.63, 3.8) is 0 Å². The van der Waals surface area contributed by atoms with Crippen molar-refractivity contribution in [2.24, 2.45) is 0 Å². The fraction of sp³-hybridized carbons (Fsp3) is 0.0625. The van der Waals surface area contributed by atoms with Crippen molar-refractivity contribution in [3.05, 3.63) is 66.2 Å². The summed E-state index contributed by atoms with van der Waals surface area (Å²) >= 11 is 0. The summed E-state index contributed by atoms with van der Waals surface area (Å²) in [5.41, 5.74) is 3.06. The molecule has 11 nitrogen and oxygen atoms in total. The van der Waals surface area contributed by atoms with Crippen molar-refractivity contribution < 1.29 is 4.79 Å². The van der Waals surface area contributed by atoms with Gasteiger partial charge in [0.2, 0.25) is 0 Å². The molecule has 4 rings (SSSR count). The molecule has 11 heteroatoms. The molecule has 3 N–H and O–H groups in total. The topological polar surface area (TPSA) is 139 Å². The molecular weight excluding hydrogens is 348 g/mol. The molecule has 0 bridgehead atoms. The van der Waals surface area contributed by atoms with Crippen LogP contribution >= 0.6 is 0 Å². The van der Waals surface area contributed by atoms with Gasteiger partial charge in [0.15, 0.2) is 5.82 Å². The normalized spacial score (nSPS) is 10.5. The van der Waals surface area contributed by atoms with E-state index in [4.69, 9.17) is 0 Å². The van der Waals surface area contributed by atoms with E-state index in [0.717, 1.165) is 11.3 Å². The van der Waals surface area contributed by atoms with Crippen molar-refractivity contribution in [2.75, 3.05) is 10.6 Å². The lowest BCUT2D eigenvalue weighted by molar-refractivity contribution is 0.262. The Balaban J connectivity index is 1.38. The summed E-state index contributed by atoms with van der Waals surface area (Å²) in [6.07, 6.45) is 2.02. The fourth-order valence-corrected chi connectivity index (χ4v) is 2.47. The van der Waals surface area contributed by atoms with E-state index in [-0.39, 0.29) is 6.03 Å². The summed E-state index contributed by atoms with van der Waals surface area (Å²) in [6, 6.07) is 14.2. The average Bonchev–Trinajstić information content (AvgIpc) is 3.36.